The number of nitrogens with one attached hydrogen (secondary N) is 5. The first kappa shape index (κ1) is 37.2. The minimum atomic E-state index is -0.768. The summed E-state index contributed by atoms with van der Waals surface area (Å²) in [6.07, 6.45) is -1.20. The number of tetrazole rings is 3. The molecule has 0 saturated carbocycles. The van der Waals surface area contributed by atoms with E-state index in [2.05, 4.69) is 72.5 Å². The van der Waals surface area contributed by atoms with Crippen molar-refractivity contribution in [3.05, 3.63) is 17.5 Å². The zero-order valence-corrected chi connectivity index (χ0v) is 25.5. The summed E-state index contributed by atoms with van der Waals surface area (Å²) in [5.41, 5.74) is 9.29. The summed E-state index contributed by atoms with van der Waals surface area (Å²) < 4.78 is 10.1. The maximum absolute atomic E-state index is 11.6. The number of primary amides is 1. The molecule has 0 bridgehead atoms. The Hall–Kier alpha value is -5.84. The van der Waals surface area contributed by atoms with E-state index in [1.165, 1.54) is 0 Å². The van der Waals surface area contributed by atoms with E-state index in [9.17, 15) is 14.4 Å². The molecule has 0 aliphatic rings. The van der Waals surface area contributed by atoms with E-state index in [0.29, 0.717) is 5.82 Å². The predicted octanol–water partition coefficient (Wildman–Crippen LogP) is -0.567. The van der Waals surface area contributed by atoms with Gasteiger partial charge in [0.2, 0.25) is 5.91 Å². The van der Waals surface area contributed by atoms with Gasteiger partial charge in [-0.25, -0.2) is 9.59 Å². The van der Waals surface area contributed by atoms with Crippen LogP contribution in [-0.2, 0) is 14.3 Å². The van der Waals surface area contributed by atoms with Gasteiger partial charge in [0.05, 0.1) is 37.4 Å². The molecule has 0 spiro atoms. The fourth-order valence-electron chi connectivity index (χ4n) is 2.76. The van der Waals surface area contributed by atoms with Crippen molar-refractivity contribution < 1.29 is 23.9 Å². The maximum atomic E-state index is 11.6. The largest absolute Gasteiger partial charge is 0.444 e. The summed E-state index contributed by atoms with van der Waals surface area (Å²) in [6, 6.07) is 2.02. The second kappa shape index (κ2) is 18.0. The van der Waals surface area contributed by atoms with E-state index in [-0.39, 0.29) is 30.9 Å². The van der Waals surface area contributed by atoms with Crippen molar-refractivity contribution in [2.75, 3.05) is 0 Å². The van der Waals surface area contributed by atoms with Gasteiger partial charge >= 0.3 is 12.2 Å². The molecular weight excluding hydrogens is 596 g/mol. The van der Waals surface area contributed by atoms with Crippen molar-refractivity contribution in [3.63, 3.8) is 0 Å². The van der Waals surface area contributed by atoms with Crippen LogP contribution in [0.4, 0.5) is 9.59 Å². The number of hydrogen-bond acceptors (Lipinski definition) is 17. The van der Waals surface area contributed by atoms with E-state index in [4.69, 9.17) is 31.5 Å². The van der Waals surface area contributed by atoms with Gasteiger partial charge in [0.1, 0.15) is 23.3 Å². The molecule has 0 aromatic carbocycles. The second-order valence-corrected chi connectivity index (χ2v) is 10.7. The fourth-order valence-corrected chi connectivity index (χ4v) is 2.76. The van der Waals surface area contributed by atoms with Crippen LogP contribution in [0.15, 0.2) is 0 Å². The van der Waals surface area contributed by atoms with Gasteiger partial charge in [-0.15, -0.1) is 30.6 Å². The lowest BCUT2D eigenvalue weighted by molar-refractivity contribution is -0.118. The molecule has 3 amide bonds. The zero-order chi connectivity index (χ0) is 34.0. The van der Waals surface area contributed by atoms with Gasteiger partial charge < -0.3 is 31.6 Å². The van der Waals surface area contributed by atoms with Crippen molar-refractivity contribution in [1.29, 1.82) is 10.5 Å². The third-order valence-electron chi connectivity index (χ3n) is 4.43. The van der Waals surface area contributed by atoms with Crippen molar-refractivity contribution in [3.8, 4) is 12.1 Å². The van der Waals surface area contributed by atoms with Crippen LogP contribution in [0.1, 0.15) is 96.4 Å². The zero-order valence-electron chi connectivity index (χ0n) is 25.5. The first-order chi connectivity index (χ1) is 21.0. The number of carbonyl (C=O) groups is 3. The number of hydrogen-bond donors (Lipinski definition) is 7. The van der Waals surface area contributed by atoms with E-state index >= 15 is 0 Å². The number of carbonyl (C=O) groups excluding carboxylic acids is 3. The molecule has 23 heteroatoms. The number of alkyl carbamates (subject to hydrolysis) is 2. The second-order valence-electron chi connectivity index (χ2n) is 10.7. The molecule has 3 aromatic heterocycles. The van der Waals surface area contributed by atoms with E-state index in [0.717, 1.165) is 0 Å². The normalized spacial score (nSPS) is 12.6. The first-order valence-corrected chi connectivity index (χ1v) is 13.0. The molecule has 3 aromatic rings. The lowest BCUT2D eigenvalue weighted by Gasteiger charge is -2.21. The van der Waals surface area contributed by atoms with Gasteiger partial charge in [-0.2, -0.15) is 26.2 Å². The number of aromatic amines is 3. The molecule has 0 fully saturated rings. The smallest absolute Gasteiger partial charge is 0.408 e. The number of ether oxygens (including phenoxy) is 2. The highest BCUT2D eigenvalue weighted by molar-refractivity contribution is 5.76. The number of amides is 3. The Morgan fingerprint density at radius 2 is 1.16 bits per heavy atom. The first-order valence-electron chi connectivity index (χ1n) is 13.0. The number of nitrogens with zero attached hydrogens (tertiary/aromatic N) is 11. The van der Waals surface area contributed by atoms with Crippen LogP contribution in [-0.4, -0.2) is 91.2 Å². The average molecular weight is 633 g/mol. The molecule has 9 N–H and O–H groups in total. The van der Waals surface area contributed by atoms with Gasteiger partial charge in [0, 0.05) is 0 Å². The molecule has 0 radical (unpaired) electrons. The highest BCUT2D eigenvalue weighted by atomic mass is 16.6. The Labute approximate surface area is 256 Å². The molecule has 23 nitrogen and oxygen atoms in total. The Kier molecular flexibility index (Phi) is 14.8. The summed E-state index contributed by atoms with van der Waals surface area (Å²) in [5, 5.41) is 60.6. The van der Waals surface area contributed by atoms with Crippen LogP contribution < -0.4 is 22.1 Å². The van der Waals surface area contributed by atoms with Crippen LogP contribution >= 0.6 is 0 Å². The Morgan fingerprint density at radius 3 is 1.51 bits per heavy atom. The number of rotatable bonds is 9. The number of aromatic nitrogens is 12. The molecule has 3 heterocycles. The maximum Gasteiger partial charge on any atom is 0.408 e. The SMILES string of the molecule is CC(C)(C)OC(=O)NC(CC#N)c1nn[nH]n1.CC(C)(C)OC(=O)NC(CC(N)=O)c1nn[nH]n1.N#CCC(N)c1nn[nH]n1. The van der Waals surface area contributed by atoms with Crippen LogP contribution in [0.2, 0.25) is 0 Å². The molecule has 3 atom stereocenters. The molecule has 0 saturated heterocycles. The third kappa shape index (κ3) is 16.4. The summed E-state index contributed by atoms with van der Waals surface area (Å²) in [4.78, 5) is 34.0. The van der Waals surface area contributed by atoms with Crippen LogP contribution in [0.5, 0.6) is 0 Å². The summed E-state index contributed by atoms with van der Waals surface area (Å²) in [5.74, 6) is 0.194. The lowest BCUT2D eigenvalue weighted by atomic mass is 10.2. The summed E-state index contributed by atoms with van der Waals surface area (Å²) in [6.45, 7) is 10.4. The van der Waals surface area contributed by atoms with Gasteiger partial charge in [-0.1, -0.05) is 15.6 Å². The van der Waals surface area contributed by atoms with Crippen molar-refractivity contribution >= 4 is 18.1 Å². The monoisotopic (exact) mass is 632 g/mol. The van der Waals surface area contributed by atoms with E-state index < -0.39 is 47.4 Å². The van der Waals surface area contributed by atoms with E-state index in [1.807, 2.05) is 12.1 Å². The minimum absolute atomic E-state index is 0.0405. The van der Waals surface area contributed by atoms with Crippen LogP contribution in [0.25, 0.3) is 0 Å². The molecule has 3 unspecified atom stereocenters. The van der Waals surface area contributed by atoms with E-state index in [1.54, 1.807) is 41.5 Å². The predicted molar refractivity (Wildman–Crippen MR) is 148 cm³/mol. The molecule has 3 rings (SSSR count). The van der Waals surface area contributed by atoms with Crippen molar-refractivity contribution in [2.24, 2.45) is 11.5 Å². The standard InChI is InChI=1S/C9H16N6O3.C9H14N6O2.C4H6N6/c1-9(2,3)18-8(17)11-5(4-6(10)16)7-12-14-15-13-7;1-9(2,3)17-8(16)11-6(4-5-10)7-12-14-15-13-7;5-2-1-3(6)4-7-9-10-8-4/h5H,4H2,1-3H3,(H2,10,16)(H,11,17)(H,12,13,14,15);6H,4H2,1-3H3,(H,11,16)(H,12,13,14,15);3H,1,6H2,(H,7,8,9,10). The minimum Gasteiger partial charge on any atom is -0.444 e. The summed E-state index contributed by atoms with van der Waals surface area (Å²) >= 11 is 0. The third-order valence-corrected chi connectivity index (χ3v) is 4.43. The topological polar surface area (TPSA) is 357 Å². The summed E-state index contributed by atoms with van der Waals surface area (Å²) in [7, 11) is 0. The fraction of sp³-hybridized carbons (Fsp3) is 0.636. The molecule has 45 heavy (non-hydrogen) atoms. The number of nitrogens with two attached hydrogens (primary N) is 2. The molecule has 0 aliphatic heterocycles. The lowest BCUT2D eigenvalue weighted by Crippen LogP contribution is -2.37. The number of H-pyrrole nitrogens is 3. The van der Waals surface area contributed by atoms with Gasteiger partial charge in [0.15, 0.2) is 17.5 Å². The van der Waals surface area contributed by atoms with Gasteiger partial charge in [-0.3, -0.25) is 4.79 Å². The van der Waals surface area contributed by atoms with Gasteiger partial charge in [0.25, 0.3) is 0 Å². The Morgan fingerprint density at radius 1 is 0.756 bits per heavy atom. The highest BCUT2D eigenvalue weighted by Gasteiger charge is 2.25. The Balaban J connectivity index is 0.000000351. The average Bonchev–Trinajstić information content (AvgIpc) is 3.71. The quantitative estimate of drug-likeness (QED) is 0.155. The van der Waals surface area contributed by atoms with Crippen molar-refractivity contribution in [1.82, 2.24) is 72.5 Å². The highest BCUT2D eigenvalue weighted by Crippen LogP contribution is 2.14. The van der Waals surface area contributed by atoms with Crippen molar-refractivity contribution in [2.45, 2.75) is 90.1 Å². The Bertz CT molecular complexity index is 1370. The van der Waals surface area contributed by atoms with Crippen LogP contribution in [0, 0.1) is 22.7 Å². The molecular formula is C22H36N18O5. The van der Waals surface area contributed by atoms with Crippen LogP contribution in [0.3, 0.4) is 0 Å². The molecule has 244 valence electrons. The molecule has 0 aliphatic carbocycles. The van der Waals surface area contributed by atoms with Gasteiger partial charge in [-0.05, 0) is 41.5 Å². The number of nitriles is 2.